The van der Waals surface area contributed by atoms with E-state index in [-0.39, 0.29) is 12.8 Å². The Hall–Kier alpha value is -3.22. The van der Waals surface area contributed by atoms with Crippen LogP contribution in [0.2, 0.25) is 0 Å². The third kappa shape index (κ3) is 4.05. The smallest absolute Gasteiger partial charge is 0.225 e. The third-order valence-electron chi connectivity index (χ3n) is 3.70. The second kappa shape index (κ2) is 7.77. The first-order valence-electron chi connectivity index (χ1n) is 7.90. The van der Waals surface area contributed by atoms with E-state index >= 15 is 0 Å². The quantitative estimate of drug-likeness (QED) is 0.717. The molecule has 0 radical (unpaired) electrons. The average molecular weight is 358 g/mol. The molecule has 0 aliphatic rings. The van der Waals surface area contributed by atoms with Crippen LogP contribution in [0.25, 0.3) is 11.3 Å². The molecule has 134 valence electrons. The molecule has 0 aliphatic heterocycles. The molecular formula is C19H16F2N2O3. The summed E-state index contributed by atoms with van der Waals surface area (Å²) in [5.74, 6) is -0.599. The molecule has 0 fully saturated rings. The summed E-state index contributed by atoms with van der Waals surface area (Å²) in [6.45, 7) is 0. The molecular weight excluding hydrogens is 342 g/mol. The van der Waals surface area contributed by atoms with Crippen molar-refractivity contribution in [2.75, 3.05) is 12.4 Å². The summed E-state index contributed by atoms with van der Waals surface area (Å²) in [4.78, 5) is 16.0. The molecule has 0 saturated carbocycles. The third-order valence-corrected chi connectivity index (χ3v) is 3.70. The first-order chi connectivity index (χ1) is 12.6. The van der Waals surface area contributed by atoms with E-state index in [0.717, 1.165) is 17.7 Å². The number of aryl methyl sites for hydroxylation is 1. The molecule has 0 atom stereocenters. The van der Waals surface area contributed by atoms with Crippen LogP contribution in [0.15, 0.2) is 53.1 Å². The van der Waals surface area contributed by atoms with Gasteiger partial charge in [0.15, 0.2) is 11.7 Å². The van der Waals surface area contributed by atoms with Gasteiger partial charge in [-0.3, -0.25) is 4.79 Å². The van der Waals surface area contributed by atoms with Gasteiger partial charge in [-0.05, 0) is 24.3 Å². The summed E-state index contributed by atoms with van der Waals surface area (Å²) in [5.41, 5.74) is 0.336. The topological polar surface area (TPSA) is 64.4 Å². The Bertz CT molecular complexity index is 904. The molecule has 5 nitrogen and oxygen atoms in total. The van der Waals surface area contributed by atoms with Gasteiger partial charge in [0.2, 0.25) is 5.91 Å². The summed E-state index contributed by atoms with van der Waals surface area (Å²) in [6, 6.07) is 10.7. The Balaban J connectivity index is 1.62. The van der Waals surface area contributed by atoms with Crippen molar-refractivity contribution in [2.24, 2.45) is 0 Å². The van der Waals surface area contributed by atoms with Crippen LogP contribution in [-0.2, 0) is 11.2 Å². The van der Waals surface area contributed by atoms with Crippen LogP contribution < -0.4 is 10.1 Å². The lowest BCUT2D eigenvalue weighted by Crippen LogP contribution is -2.14. The Morgan fingerprint density at radius 1 is 1.19 bits per heavy atom. The molecule has 3 aromatic rings. The molecule has 1 amide bonds. The maximum absolute atomic E-state index is 13.5. The van der Waals surface area contributed by atoms with Gasteiger partial charge in [-0.15, -0.1) is 0 Å². The van der Waals surface area contributed by atoms with E-state index in [1.807, 2.05) is 18.2 Å². The molecule has 0 saturated heterocycles. The molecule has 1 heterocycles. The van der Waals surface area contributed by atoms with Gasteiger partial charge < -0.3 is 14.5 Å². The van der Waals surface area contributed by atoms with Crippen molar-refractivity contribution in [2.45, 2.75) is 12.8 Å². The first-order valence-corrected chi connectivity index (χ1v) is 7.90. The number of nitrogens with one attached hydrogen (secondary N) is 1. The molecule has 0 aliphatic carbocycles. The predicted molar refractivity (Wildman–Crippen MR) is 91.8 cm³/mol. The lowest BCUT2D eigenvalue weighted by molar-refractivity contribution is -0.116. The van der Waals surface area contributed by atoms with Gasteiger partial charge in [0.25, 0.3) is 0 Å². The minimum atomic E-state index is -0.824. The Morgan fingerprint density at radius 2 is 1.92 bits per heavy atom. The number of benzene rings is 2. The van der Waals surface area contributed by atoms with E-state index in [1.54, 1.807) is 19.4 Å². The van der Waals surface area contributed by atoms with Crippen molar-refractivity contribution in [1.29, 1.82) is 0 Å². The van der Waals surface area contributed by atoms with Crippen molar-refractivity contribution in [3.8, 4) is 17.1 Å². The highest BCUT2D eigenvalue weighted by molar-refractivity contribution is 5.91. The van der Waals surface area contributed by atoms with E-state index in [1.165, 1.54) is 6.07 Å². The zero-order valence-electron chi connectivity index (χ0n) is 14.0. The number of carbonyl (C=O) groups is 1. The Morgan fingerprint density at radius 3 is 2.65 bits per heavy atom. The summed E-state index contributed by atoms with van der Waals surface area (Å²) in [7, 11) is 1.57. The number of hydrogen-bond donors (Lipinski definition) is 1. The maximum atomic E-state index is 13.5. The van der Waals surface area contributed by atoms with E-state index in [9.17, 15) is 13.6 Å². The summed E-state index contributed by atoms with van der Waals surface area (Å²) < 4.78 is 37.8. The fraction of sp³-hybridized carbons (Fsp3) is 0.158. The molecule has 0 bridgehead atoms. The van der Waals surface area contributed by atoms with E-state index in [4.69, 9.17) is 9.15 Å². The molecule has 7 heteroatoms. The van der Waals surface area contributed by atoms with Crippen molar-refractivity contribution in [3.05, 3.63) is 66.2 Å². The summed E-state index contributed by atoms with van der Waals surface area (Å²) in [6.07, 6.45) is 1.73. The van der Waals surface area contributed by atoms with Crippen LogP contribution in [0.3, 0.4) is 0 Å². The van der Waals surface area contributed by atoms with Crippen LogP contribution >= 0.6 is 0 Å². The van der Waals surface area contributed by atoms with Crippen molar-refractivity contribution < 1.29 is 22.7 Å². The number of aromatic nitrogens is 1. The second-order valence-electron chi connectivity index (χ2n) is 5.50. The van der Waals surface area contributed by atoms with Gasteiger partial charge in [-0.2, -0.15) is 0 Å². The molecule has 0 unspecified atom stereocenters. The number of anilines is 1. The monoisotopic (exact) mass is 358 g/mol. The SMILES string of the molecule is COc1cccc(-c2cnc(CCC(=O)Nc3c(F)cccc3F)o2)c1. The highest BCUT2D eigenvalue weighted by Gasteiger charge is 2.13. The van der Waals surface area contributed by atoms with Gasteiger partial charge in [-0.25, -0.2) is 13.8 Å². The second-order valence-corrected chi connectivity index (χ2v) is 5.50. The number of carbonyl (C=O) groups excluding carboxylic acids is 1. The number of halogens is 2. The molecule has 3 rings (SSSR count). The number of nitrogens with zero attached hydrogens (tertiary/aromatic N) is 1. The zero-order valence-corrected chi connectivity index (χ0v) is 14.0. The fourth-order valence-corrected chi connectivity index (χ4v) is 2.38. The van der Waals surface area contributed by atoms with E-state index in [2.05, 4.69) is 10.3 Å². The standard InChI is InChI=1S/C19H16F2N2O3/c1-25-13-5-2-4-12(10-13)16-11-22-18(26-16)9-8-17(24)23-19-14(20)6-3-7-15(19)21/h2-7,10-11H,8-9H2,1H3,(H,23,24). The van der Waals surface area contributed by atoms with Crippen LogP contribution in [0.4, 0.5) is 14.5 Å². The van der Waals surface area contributed by atoms with Gasteiger partial charge in [0.1, 0.15) is 23.1 Å². The average Bonchev–Trinajstić information content (AvgIpc) is 3.12. The van der Waals surface area contributed by atoms with Crippen molar-refractivity contribution in [3.63, 3.8) is 0 Å². The minimum Gasteiger partial charge on any atom is -0.497 e. The normalized spacial score (nSPS) is 10.6. The fourth-order valence-electron chi connectivity index (χ4n) is 2.38. The van der Waals surface area contributed by atoms with Gasteiger partial charge in [-0.1, -0.05) is 18.2 Å². The summed E-state index contributed by atoms with van der Waals surface area (Å²) >= 11 is 0. The number of methoxy groups -OCH3 is 1. The van der Waals surface area contributed by atoms with E-state index < -0.39 is 23.2 Å². The predicted octanol–water partition coefficient (Wildman–Crippen LogP) is 4.20. The molecule has 1 N–H and O–H groups in total. The maximum Gasteiger partial charge on any atom is 0.225 e. The lowest BCUT2D eigenvalue weighted by atomic mass is 10.2. The van der Waals surface area contributed by atoms with Crippen LogP contribution in [-0.4, -0.2) is 18.0 Å². The minimum absolute atomic E-state index is 0.0220. The molecule has 26 heavy (non-hydrogen) atoms. The zero-order chi connectivity index (χ0) is 18.5. The number of rotatable bonds is 6. The largest absolute Gasteiger partial charge is 0.497 e. The number of para-hydroxylation sites is 1. The van der Waals surface area contributed by atoms with E-state index in [0.29, 0.717) is 17.4 Å². The molecule has 1 aromatic heterocycles. The van der Waals surface area contributed by atoms with Crippen molar-refractivity contribution in [1.82, 2.24) is 4.98 Å². The number of amides is 1. The number of ether oxygens (including phenoxy) is 1. The molecule has 2 aromatic carbocycles. The first kappa shape index (κ1) is 17.6. The van der Waals surface area contributed by atoms with Crippen LogP contribution in [0, 0.1) is 11.6 Å². The Labute approximate surface area is 148 Å². The highest BCUT2D eigenvalue weighted by atomic mass is 19.1. The van der Waals surface area contributed by atoms with Crippen molar-refractivity contribution >= 4 is 11.6 Å². The number of hydrogen-bond acceptors (Lipinski definition) is 4. The Kier molecular flexibility index (Phi) is 5.26. The van der Waals surface area contributed by atoms with Crippen LogP contribution in [0.1, 0.15) is 12.3 Å². The highest BCUT2D eigenvalue weighted by Crippen LogP contribution is 2.25. The van der Waals surface area contributed by atoms with Gasteiger partial charge in [0.05, 0.1) is 13.3 Å². The van der Waals surface area contributed by atoms with Crippen LogP contribution in [0.5, 0.6) is 5.75 Å². The number of oxazole rings is 1. The van der Waals surface area contributed by atoms with Gasteiger partial charge >= 0.3 is 0 Å². The summed E-state index contributed by atoms with van der Waals surface area (Å²) in [5, 5.41) is 2.23. The van der Waals surface area contributed by atoms with Gasteiger partial charge in [0, 0.05) is 18.4 Å². The lowest BCUT2D eigenvalue weighted by Gasteiger charge is -2.06. The molecule has 0 spiro atoms.